The molecule has 1 aromatic rings. The van der Waals surface area contributed by atoms with Crippen LogP contribution in [-0.4, -0.2) is 24.2 Å². The third kappa shape index (κ3) is 4.36. The zero-order valence-electron chi connectivity index (χ0n) is 10.0. The van der Waals surface area contributed by atoms with E-state index in [-0.39, 0.29) is 17.9 Å². The number of hydrogen-bond donors (Lipinski definition) is 2. The molecule has 0 aliphatic rings. The number of alkyl halides is 4. The molecular weight excluding hydrogens is 266 g/mol. The molecule has 3 nitrogen and oxygen atoms in total. The van der Waals surface area contributed by atoms with E-state index in [0.717, 1.165) is 6.07 Å². The molecule has 0 aliphatic carbocycles. The summed E-state index contributed by atoms with van der Waals surface area (Å²) in [6, 6.07) is 4.85. The Bertz CT molecular complexity index is 401. The lowest BCUT2D eigenvalue weighted by Crippen LogP contribution is -2.34. The molecule has 19 heavy (non-hydrogen) atoms. The summed E-state index contributed by atoms with van der Waals surface area (Å²) in [5.41, 5.74) is 5.96. The van der Waals surface area contributed by atoms with Crippen molar-refractivity contribution in [2.75, 3.05) is 6.61 Å². The monoisotopic (exact) mass is 281 g/mol. The number of halogens is 4. The van der Waals surface area contributed by atoms with Crippen LogP contribution in [0.1, 0.15) is 24.4 Å². The summed E-state index contributed by atoms with van der Waals surface area (Å²) in [6.07, 6.45) is -7.78. The van der Waals surface area contributed by atoms with Gasteiger partial charge >= 0.3 is 12.5 Å². The van der Waals surface area contributed by atoms with Crippen LogP contribution in [-0.2, 0) is 0 Å². The molecule has 0 aromatic heterocycles. The normalized spacial score (nSPS) is 13.6. The van der Waals surface area contributed by atoms with Gasteiger partial charge in [0, 0.05) is 18.2 Å². The summed E-state index contributed by atoms with van der Waals surface area (Å²) < 4.78 is 54.0. The first kappa shape index (κ1) is 15.7. The molecule has 0 bridgehead atoms. The lowest BCUT2D eigenvalue weighted by Gasteiger charge is -2.21. The Labute approximate surface area is 108 Å². The van der Waals surface area contributed by atoms with Gasteiger partial charge in [0.1, 0.15) is 5.75 Å². The molecule has 0 fully saturated rings. The fraction of sp³-hybridized carbons (Fsp3) is 0.500. The molecule has 0 radical (unpaired) electrons. The van der Waals surface area contributed by atoms with Gasteiger partial charge in [0.25, 0.3) is 0 Å². The summed E-state index contributed by atoms with van der Waals surface area (Å²) in [5.74, 6) is -0.377. The molecule has 1 aromatic carbocycles. The third-order valence-corrected chi connectivity index (χ3v) is 2.49. The Morgan fingerprint density at radius 3 is 2.47 bits per heavy atom. The topological polar surface area (TPSA) is 55.5 Å². The average molecular weight is 281 g/mol. The van der Waals surface area contributed by atoms with Crippen molar-refractivity contribution in [2.45, 2.75) is 31.4 Å². The minimum atomic E-state index is -4.56. The van der Waals surface area contributed by atoms with E-state index in [4.69, 9.17) is 10.8 Å². The Balaban J connectivity index is 2.90. The molecule has 7 heteroatoms. The SMILES string of the molecule is N[C@H](CCCO)c1ccccc1OC(F)(F)C(F)F. The second-order valence-electron chi connectivity index (χ2n) is 3.97. The maximum Gasteiger partial charge on any atom is 0.461 e. The summed E-state index contributed by atoms with van der Waals surface area (Å²) >= 11 is 0. The smallest absolute Gasteiger partial charge is 0.428 e. The number of aliphatic hydroxyl groups is 1. The van der Waals surface area contributed by atoms with Gasteiger partial charge in [-0.3, -0.25) is 0 Å². The summed E-state index contributed by atoms with van der Waals surface area (Å²) in [7, 11) is 0. The largest absolute Gasteiger partial charge is 0.461 e. The minimum Gasteiger partial charge on any atom is -0.428 e. The van der Waals surface area contributed by atoms with E-state index in [0.29, 0.717) is 12.8 Å². The maximum absolute atomic E-state index is 12.9. The van der Waals surface area contributed by atoms with Gasteiger partial charge < -0.3 is 15.6 Å². The van der Waals surface area contributed by atoms with Crippen molar-refractivity contribution in [2.24, 2.45) is 5.73 Å². The molecule has 0 spiro atoms. The van der Waals surface area contributed by atoms with Crippen LogP contribution in [0.5, 0.6) is 5.75 Å². The second kappa shape index (κ2) is 6.72. The van der Waals surface area contributed by atoms with Gasteiger partial charge in [-0.1, -0.05) is 18.2 Å². The highest BCUT2D eigenvalue weighted by molar-refractivity contribution is 5.36. The predicted molar refractivity (Wildman–Crippen MR) is 61.3 cm³/mol. The predicted octanol–water partition coefficient (Wildman–Crippen LogP) is 2.70. The molecule has 0 saturated heterocycles. The number of rotatable bonds is 7. The van der Waals surface area contributed by atoms with Crippen molar-refractivity contribution in [1.29, 1.82) is 0 Å². The van der Waals surface area contributed by atoms with Crippen LogP contribution in [0, 0.1) is 0 Å². The van der Waals surface area contributed by atoms with E-state index in [1.54, 1.807) is 6.07 Å². The molecule has 0 heterocycles. The van der Waals surface area contributed by atoms with E-state index >= 15 is 0 Å². The van der Waals surface area contributed by atoms with Crippen LogP contribution in [0.15, 0.2) is 24.3 Å². The van der Waals surface area contributed by atoms with Gasteiger partial charge in [-0.2, -0.15) is 17.6 Å². The van der Waals surface area contributed by atoms with Crippen molar-refractivity contribution in [3.8, 4) is 5.75 Å². The van der Waals surface area contributed by atoms with E-state index < -0.39 is 18.6 Å². The molecule has 108 valence electrons. The number of ether oxygens (including phenoxy) is 1. The van der Waals surface area contributed by atoms with Gasteiger partial charge in [0.05, 0.1) is 0 Å². The minimum absolute atomic E-state index is 0.0933. The van der Waals surface area contributed by atoms with Crippen LogP contribution in [0.3, 0.4) is 0 Å². The summed E-state index contributed by atoms with van der Waals surface area (Å²) in [5, 5.41) is 8.68. The molecule has 1 rings (SSSR count). The number of nitrogens with two attached hydrogens (primary N) is 1. The third-order valence-electron chi connectivity index (χ3n) is 2.49. The number of para-hydroxylation sites is 1. The first-order valence-electron chi connectivity index (χ1n) is 5.69. The first-order chi connectivity index (χ1) is 8.88. The Morgan fingerprint density at radius 1 is 1.26 bits per heavy atom. The van der Waals surface area contributed by atoms with Gasteiger partial charge in [-0.25, -0.2) is 0 Å². The quantitative estimate of drug-likeness (QED) is 0.755. The van der Waals surface area contributed by atoms with E-state index in [1.165, 1.54) is 12.1 Å². The second-order valence-corrected chi connectivity index (χ2v) is 3.97. The summed E-state index contributed by atoms with van der Waals surface area (Å²) in [6.45, 7) is -0.0933. The maximum atomic E-state index is 12.9. The number of benzene rings is 1. The van der Waals surface area contributed by atoms with Crippen molar-refractivity contribution >= 4 is 0 Å². The van der Waals surface area contributed by atoms with Crippen LogP contribution in [0.2, 0.25) is 0 Å². The summed E-state index contributed by atoms with van der Waals surface area (Å²) in [4.78, 5) is 0. The molecule has 3 N–H and O–H groups in total. The zero-order valence-corrected chi connectivity index (χ0v) is 10.0. The lowest BCUT2D eigenvalue weighted by molar-refractivity contribution is -0.253. The van der Waals surface area contributed by atoms with Gasteiger partial charge in [-0.05, 0) is 18.9 Å². The van der Waals surface area contributed by atoms with Gasteiger partial charge in [-0.15, -0.1) is 0 Å². The highest BCUT2D eigenvalue weighted by Gasteiger charge is 2.44. The van der Waals surface area contributed by atoms with E-state index in [2.05, 4.69) is 4.74 Å². The van der Waals surface area contributed by atoms with Crippen LogP contribution in [0.25, 0.3) is 0 Å². The Morgan fingerprint density at radius 2 is 1.89 bits per heavy atom. The number of aliphatic hydroxyl groups excluding tert-OH is 1. The molecule has 0 unspecified atom stereocenters. The number of hydrogen-bond acceptors (Lipinski definition) is 3. The fourth-order valence-electron chi connectivity index (χ4n) is 1.54. The lowest BCUT2D eigenvalue weighted by atomic mass is 10.0. The zero-order chi connectivity index (χ0) is 14.5. The van der Waals surface area contributed by atoms with E-state index in [9.17, 15) is 17.6 Å². The van der Waals surface area contributed by atoms with Crippen molar-refractivity contribution in [1.82, 2.24) is 0 Å². The standard InChI is InChI=1S/C12H15F4NO2/c13-11(14)12(15,16)19-10-6-2-1-4-8(10)9(17)5-3-7-18/h1-2,4,6,9,11,18H,3,5,7,17H2/t9-/m1/s1. The molecule has 0 saturated carbocycles. The van der Waals surface area contributed by atoms with Crippen molar-refractivity contribution in [3.63, 3.8) is 0 Å². The highest BCUT2D eigenvalue weighted by Crippen LogP contribution is 2.32. The molecular formula is C12H15F4NO2. The van der Waals surface area contributed by atoms with Crippen molar-refractivity contribution in [3.05, 3.63) is 29.8 Å². The fourth-order valence-corrected chi connectivity index (χ4v) is 1.54. The van der Waals surface area contributed by atoms with Gasteiger partial charge in [0.15, 0.2) is 0 Å². The highest BCUT2D eigenvalue weighted by atomic mass is 19.3. The Hall–Kier alpha value is -1.34. The molecule has 1 atom stereocenters. The molecule has 0 aliphatic heterocycles. The molecule has 0 amide bonds. The van der Waals surface area contributed by atoms with Crippen LogP contribution in [0.4, 0.5) is 17.6 Å². The van der Waals surface area contributed by atoms with E-state index in [1.807, 2.05) is 0 Å². The first-order valence-corrected chi connectivity index (χ1v) is 5.69. The van der Waals surface area contributed by atoms with Crippen LogP contribution < -0.4 is 10.5 Å². The average Bonchev–Trinajstić information content (AvgIpc) is 2.36. The van der Waals surface area contributed by atoms with Crippen LogP contribution >= 0.6 is 0 Å². The Kier molecular flexibility index (Phi) is 5.56. The van der Waals surface area contributed by atoms with Crippen molar-refractivity contribution < 1.29 is 27.4 Å². The van der Waals surface area contributed by atoms with Gasteiger partial charge in [0.2, 0.25) is 0 Å².